The van der Waals surface area contributed by atoms with E-state index in [1.54, 1.807) is 6.21 Å². The standard InChI is InChI=1S/C23H27N3/c1-4-19-7-5-6-8-22(19)18(3)26-13-10-20(11-14-26)23-16-25-12-9-21(24)15-17(23)2/h4-9,12,15-16,20H,1,3,10-11,13-14,24H2,2H3/b12-9?,17-15?,21-9+,21-15?,23-16?,23-17?,25-12?,25-16?. The molecule has 1 aromatic carbocycles. The van der Waals surface area contributed by atoms with E-state index < -0.39 is 0 Å². The Bertz CT molecular complexity index is 816. The zero-order valence-corrected chi connectivity index (χ0v) is 15.5. The van der Waals surface area contributed by atoms with Crippen molar-refractivity contribution in [3.05, 3.63) is 83.7 Å². The van der Waals surface area contributed by atoms with Gasteiger partial charge in [-0.2, -0.15) is 0 Å². The molecule has 0 bridgehead atoms. The molecule has 1 aromatic rings. The maximum Gasteiger partial charge on any atom is 0.0372 e. The summed E-state index contributed by atoms with van der Waals surface area (Å²) in [5.74, 6) is 0.507. The van der Waals surface area contributed by atoms with E-state index in [9.17, 15) is 0 Å². The molecule has 26 heavy (non-hydrogen) atoms. The van der Waals surface area contributed by atoms with Crippen LogP contribution in [-0.4, -0.2) is 24.2 Å². The zero-order valence-electron chi connectivity index (χ0n) is 15.5. The van der Waals surface area contributed by atoms with Crippen molar-refractivity contribution in [2.45, 2.75) is 19.8 Å². The number of hydrogen-bond acceptors (Lipinski definition) is 3. The van der Waals surface area contributed by atoms with Gasteiger partial charge in [0, 0.05) is 42.5 Å². The molecule has 2 aliphatic heterocycles. The van der Waals surface area contributed by atoms with Gasteiger partial charge in [-0.3, -0.25) is 4.99 Å². The highest BCUT2D eigenvalue weighted by molar-refractivity contribution is 5.74. The second-order valence-electron chi connectivity index (χ2n) is 6.88. The first-order valence-electron chi connectivity index (χ1n) is 9.13. The Morgan fingerprint density at radius 3 is 2.73 bits per heavy atom. The van der Waals surface area contributed by atoms with Crippen LogP contribution in [0.5, 0.6) is 0 Å². The third kappa shape index (κ3) is 3.88. The van der Waals surface area contributed by atoms with E-state index in [1.807, 2.05) is 30.5 Å². The molecule has 0 radical (unpaired) electrons. The van der Waals surface area contributed by atoms with Crippen molar-refractivity contribution in [3.63, 3.8) is 0 Å². The predicted octanol–water partition coefficient (Wildman–Crippen LogP) is 4.77. The smallest absolute Gasteiger partial charge is 0.0372 e. The van der Waals surface area contributed by atoms with Crippen LogP contribution in [0.3, 0.4) is 0 Å². The van der Waals surface area contributed by atoms with Crippen LogP contribution in [-0.2, 0) is 0 Å². The number of nitrogens with two attached hydrogens (primary N) is 1. The summed E-state index contributed by atoms with van der Waals surface area (Å²) in [6.07, 6.45) is 11.7. The Labute approximate surface area is 156 Å². The fraction of sp³-hybridized carbons (Fsp3) is 0.261. The first-order chi connectivity index (χ1) is 12.6. The van der Waals surface area contributed by atoms with Crippen LogP contribution in [0.25, 0.3) is 11.8 Å². The Morgan fingerprint density at radius 1 is 1.27 bits per heavy atom. The van der Waals surface area contributed by atoms with Crippen molar-refractivity contribution < 1.29 is 0 Å². The zero-order chi connectivity index (χ0) is 18.5. The fourth-order valence-corrected chi connectivity index (χ4v) is 3.73. The van der Waals surface area contributed by atoms with Gasteiger partial charge in [0.05, 0.1) is 0 Å². The molecule has 2 aliphatic rings. The van der Waals surface area contributed by atoms with Crippen molar-refractivity contribution in [1.82, 2.24) is 4.90 Å². The maximum absolute atomic E-state index is 5.98. The summed E-state index contributed by atoms with van der Waals surface area (Å²) in [6, 6.07) is 8.31. The Kier molecular flexibility index (Phi) is 5.57. The molecular weight excluding hydrogens is 318 g/mol. The molecule has 0 aliphatic carbocycles. The molecule has 1 saturated heterocycles. The van der Waals surface area contributed by atoms with Gasteiger partial charge < -0.3 is 10.6 Å². The molecule has 3 rings (SSSR count). The van der Waals surface area contributed by atoms with Gasteiger partial charge in [-0.15, -0.1) is 0 Å². The number of rotatable bonds is 4. The van der Waals surface area contributed by atoms with E-state index in [2.05, 4.69) is 48.2 Å². The second-order valence-corrected chi connectivity index (χ2v) is 6.88. The maximum atomic E-state index is 5.98. The monoisotopic (exact) mass is 345 g/mol. The first-order valence-corrected chi connectivity index (χ1v) is 9.13. The summed E-state index contributed by atoms with van der Waals surface area (Å²) in [5, 5.41) is 0. The minimum absolute atomic E-state index is 0.507. The number of allylic oxidation sites excluding steroid dienone is 4. The molecule has 0 amide bonds. The number of hydrogen-bond donors (Lipinski definition) is 1. The molecule has 0 aromatic heterocycles. The van der Waals surface area contributed by atoms with E-state index in [4.69, 9.17) is 5.73 Å². The van der Waals surface area contributed by atoms with Gasteiger partial charge in [0.15, 0.2) is 0 Å². The van der Waals surface area contributed by atoms with Gasteiger partial charge in [0.1, 0.15) is 0 Å². The van der Waals surface area contributed by atoms with Crippen LogP contribution < -0.4 is 5.73 Å². The average molecular weight is 345 g/mol. The van der Waals surface area contributed by atoms with Crippen LogP contribution in [0, 0.1) is 5.92 Å². The third-order valence-electron chi connectivity index (χ3n) is 5.21. The van der Waals surface area contributed by atoms with Crippen molar-refractivity contribution in [2.75, 3.05) is 13.1 Å². The Balaban J connectivity index is 1.70. The highest BCUT2D eigenvalue weighted by atomic mass is 15.1. The molecule has 0 spiro atoms. The third-order valence-corrected chi connectivity index (χ3v) is 5.21. The summed E-state index contributed by atoms with van der Waals surface area (Å²) in [5.41, 5.74) is 12.6. The van der Waals surface area contributed by atoms with E-state index in [1.165, 1.54) is 16.7 Å². The summed E-state index contributed by atoms with van der Waals surface area (Å²) in [4.78, 5) is 6.77. The van der Waals surface area contributed by atoms with Gasteiger partial charge in [-0.1, -0.05) is 43.5 Å². The SMILES string of the molecule is C=Cc1ccccc1C(=C)N1CCC(C2=CN=C/C=C(/N)C=C2C)CC1. The largest absolute Gasteiger partial charge is 0.399 e. The molecule has 1 fully saturated rings. The van der Waals surface area contributed by atoms with Crippen LogP contribution in [0.1, 0.15) is 30.9 Å². The van der Waals surface area contributed by atoms with E-state index >= 15 is 0 Å². The number of aliphatic imine (C=N–C) groups is 1. The molecule has 0 atom stereocenters. The average Bonchev–Trinajstić information content (AvgIpc) is 2.66. The first kappa shape index (κ1) is 18.0. The fourth-order valence-electron chi connectivity index (χ4n) is 3.73. The number of likely N-dealkylation sites (tertiary alicyclic amines) is 1. The molecular formula is C23H27N3. The molecule has 0 saturated carbocycles. The Morgan fingerprint density at radius 2 is 2.00 bits per heavy atom. The van der Waals surface area contributed by atoms with Gasteiger partial charge in [-0.25, -0.2) is 0 Å². The van der Waals surface area contributed by atoms with Crippen LogP contribution in [0.2, 0.25) is 0 Å². The minimum atomic E-state index is 0.507. The summed E-state index contributed by atoms with van der Waals surface area (Å²) < 4.78 is 0. The highest BCUT2D eigenvalue weighted by Gasteiger charge is 2.24. The van der Waals surface area contributed by atoms with Crippen molar-refractivity contribution >= 4 is 18.0 Å². The number of nitrogens with zero attached hydrogens (tertiary/aromatic N) is 2. The predicted molar refractivity (Wildman–Crippen MR) is 112 cm³/mol. The summed E-state index contributed by atoms with van der Waals surface area (Å²) >= 11 is 0. The van der Waals surface area contributed by atoms with Gasteiger partial charge in [0.2, 0.25) is 0 Å². The van der Waals surface area contributed by atoms with Crippen LogP contribution in [0.15, 0.2) is 77.6 Å². The number of benzene rings is 1. The van der Waals surface area contributed by atoms with Crippen molar-refractivity contribution in [1.29, 1.82) is 0 Å². The van der Waals surface area contributed by atoms with E-state index in [-0.39, 0.29) is 0 Å². The molecule has 3 heteroatoms. The molecule has 2 N–H and O–H groups in total. The van der Waals surface area contributed by atoms with Crippen molar-refractivity contribution in [3.8, 4) is 0 Å². The quantitative estimate of drug-likeness (QED) is 0.854. The summed E-state index contributed by atoms with van der Waals surface area (Å²) in [7, 11) is 0. The topological polar surface area (TPSA) is 41.6 Å². The molecule has 2 heterocycles. The van der Waals surface area contributed by atoms with Crippen LogP contribution in [0.4, 0.5) is 0 Å². The molecule has 0 unspecified atom stereocenters. The van der Waals surface area contributed by atoms with Crippen LogP contribution >= 0.6 is 0 Å². The van der Waals surface area contributed by atoms with Gasteiger partial charge >= 0.3 is 0 Å². The molecule has 134 valence electrons. The summed E-state index contributed by atoms with van der Waals surface area (Å²) in [6.45, 7) is 12.4. The van der Waals surface area contributed by atoms with Crippen molar-refractivity contribution in [2.24, 2.45) is 16.6 Å². The Hall–Kier alpha value is -2.81. The van der Waals surface area contributed by atoms with E-state index in [0.29, 0.717) is 5.92 Å². The lowest BCUT2D eigenvalue weighted by atomic mass is 9.85. The lowest BCUT2D eigenvalue weighted by molar-refractivity contribution is 0.279. The lowest BCUT2D eigenvalue weighted by Crippen LogP contribution is -2.33. The van der Waals surface area contributed by atoms with Gasteiger partial charge in [0.25, 0.3) is 0 Å². The minimum Gasteiger partial charge on any atom is -0.399 e. The van der Waals surface area contributed by atoms with E-state index in [0.717, 1.165) is 42.9 Å². The normalized spacial score (nSPS) is 20.3. The second kappa shape index (κ2) is 8.05. The lowest BCUT2D eigenvalue weighted by Gasteiger charge is -2.36. The van der Waals surface area contributed by atoms with Gasteiger partial charge in [-0.05, 0) is 54.5 Å². The number of piperidine rings is 1. The highest BCUT2D eigenvalue weighted by Crippen LogP contribution is 2.33. The molecule has 3 nitrogen and oxygen atoms in total.